The number of hydrogen-bond donors (Lipinski definition) is 2. The lowest BCUT2D eigenvalue weighted by atomic mass is 10.1. The Bertz CT molecular complexity index is 570. The maximum atomic E-state index is 9.31. The number of rotatable bonds is 5. The highest BCUT2D eigenvalue weighted by atomic mass is 16.3. The molecule has 3 heteroatoms. The van der Waals surface area contributed by atoms with Crippen molar-refractivity contribution in [1.82, 2.24) is 9.88 Å². The zero-order valence-corrected chi connectivity index (χ0v) is 12.8. The zero-order chi connectivity index (χ0) is 14.8. The summed E-state index contributed by atoms with van der Waals surface area (Å²) < 4.78 is 2.27. The van der Waals surface area contributed by atoms with Crippen molar-refractivity contribution in [3.63, 3.8) is 0 Å². The predicted molar refractivity (Wildman–Crippen MR) is 83.2 cm³/mol. The molecule has 0 aliphatic rings. The standard InChI is InChI=1S/C17H24N2O/c1-13-10-15(11-18-17(3,4)12-20)14(2)19(13)16-8-6-5-7-9-16/h5-10,18,20H,11-12H2,1-4H3. The van der Waals surface area contributed by atoms with E-state index >= 15 is 0 Å². The highest BCUT2D eigenvalue weighted by molar-refractivity contribution is 5.40. The molecular weight excluding hydrogens is 248 g/mol. The molecule has 2 aromatic rings. The summed E-state index contributed by atoms with van der Waals surface area (Å²) >= 11 is 0. The average Bonchev–Trinajstić information content (AvgIpc) is 2.72. The van der Waals surface area contributed by atoms with Gasteiger partial charge in [-0.2, -0.15) is 0 Å². The molecule has 0 fully saturated rings. The van der Waals surface area contributed by atoms with E-state index in [0.717, 1.165) is 6.54 Å². The van der Waals surface area contributed by atoms with Crippen molar-refractivity contribution in [3.8, 4) is 5.69 Å². The molecule has 20 heavy (non-hydrogen) atoms. The van der Waals surface area contributed by atoms with Crippen LogP contribution < -0.4 is 5.32 Å². The molecule has 2 N–H and O–H groups in total. The highest BCUT2D eigenvalue weighted by Gasteiger charge is 2.17. The first kappa shape index (κ1) is 14.8. The van der Waals surface area contributed by atoms with Crippen LogP contribution in [0.1, 0.15) is 30.8 Å². The first-order valence-corrected chi connectivity index (χ1v) is 7.04. The molecule has 3 nitrogen and oxygen atoms in total. The van der Waals surface area contributed by atoms with E-state index in [2.05, 4.69) is 54.1 Å². The average molecular weight is 272 g/mol. The minimum absolute atomic E-state index is 0.129. The van der Waals surface area contributed by atoms with Crippen LogP contribution >= 0.6 is 0 Å². The lowest BCUT2D eigenvalue weighted by Crippen LogP contribution is -2.42. The molecule has 0 aliphatic heterocycles. The summed E-state index contributed by atoms with van der Waals surface area (Å²) in [6.07, 6.45) is 0. The molecular formula is C17H24N2O. The van der Waals surface area contributed by atoms with E-state index in [1.165, 1.54) is 22.6 Å². The van der Waals surface area contributed by atoms with Crippen molar-refractivity contribution in [1.29, 1.82) is 0 Å². The minimum atomic E-state index is -0.255. The molecule has 0 saturated carbocycles. The van der Waals surface area contributed by atoms with Crippen LogP contribution in [0, 0.1) is 13.8 Å². The normalized spacial score (nSPS) is 11.8. The van der Waals surface area contributed by atoms with Gasteiger partial charge >= 0.3 is 0 Å². The summed E-state index contributed by atoms with van der Waals surface area (Å²) in [7, 11) is 0. The van der Waals surface area contributed by atoms with Gasteiger partial charge in [0.1, 0.15) is 0 Å². The molecule has 0 spiro atoms. The summed E-state index contributed by atoms with van der Waals surface area (Å²) in [5.74, 6) is 0. The Hall–Kier alpha value is -1.58. The highest BCUT2D eigenvalue weighted by Crippen LogP contribution is 2.21. The molecule has 0 saturated heterocycles. The third-order valence-corrected chi connectivity index (χ3v) is 3.70. The van der Waals surface area contributed by atoms with Crippen LogP contribution in [0.25, 0.3) is 5.69 Å². The van der Waals surface area contributed by atoms with Crippen LogP contribution in [-0.4, -0.2) is 21.8 Å². The van der Waals surface area contributed by atoms with Crippen LogP contribution in [-0.2, 0) is 6.54 Å². The number of para-hydroxylation sites is 1. The zero-order valence-electron chi connectivity index (χ0n) is 12.8. The molecule has 108 valence electrons. The second-order valence-electron chi connectivity index (χ2n) is 5.96. The molecule has 1 heterocycles. The van der Waals surface area contributed by atoms with Crippen LogP contribution in [0.2, 0.25) is 0 Å². The van der Waals surface area contributed by atoms with Gasteiger partial charge in [-0.05, 0) is 51.5 Å². The van der Waals surface area contributed by atoms with Gasteiger partial charge in [-0.15, -0.1) is 0 Å². The Morgan fingerprint density at radius 2 is 1.80 bits per heavy atom. The number of nitrogens with one attached hydrogen (secondary N) is 1. The first-order valence-electron chi connectivity index (χ1n) is 7.04. The largest absolute Gasteiger partial charge is 0.394 e. The molecule has 0 aliphatic carbocycles. The Labute approximate surface area is 121 Å². The van der Waals surface area contributed by atoms with Gasteiger partial charge in [0.15, 0.2) is 0 Å². The topological polar surface area (TPSA) is 37.2 Å². The molecule has 0 amide bonds. The summed E-state index contributed by atoms with van der Waals surface area (Å²) in [6.45, 7) is 9.17. The van der Waals surface area contributed by atoms with E-state index in [-0.39, 0.29) is 12.1 Å². The number of aryl methyl sites for hydroxylation is 1. The summed E-state index contributed by atoms with van der Waals surface area (Å²) in [5.41, 5.74) is 4.68. The van der Waals surface area contributed by atoms with Gasteiger partial charge in [0, 0.05) is 29.2 Å². The molecule has 1 aromatic heterocycles. The van der Waals surface area contributed by atoms with Crippen molar-refractivity contribution >= 4 is 0 Å². The van der Waals surface area contributed by atoms with Gasteiger partial charge < -0.3 is 15.0 Å². The number of nitrogens with zero attached hydrogens (tertiary/aromatic N) is 1. The molecule has 0 atom stereocenters. The van der Waals surface area contributed by atoms with Crippen molar-refractivity contribution in [2.45, 2.75) is 39.8 Å². The molecule has 1 aromatic carbocycles. The van der Waals surface area contributed by atoms with E-state index in [0.29, 0.717) is 0 Å². The van der Waals surface area contributed by atoms with Gasteiger partial charge in [-0.25, -0.2) is 0 Å². The van der Waals surface area contributed by atoms with Crippen LogP contribution in [0.5, 0.6) is 0 Å². The van der Waals surface area contributed by atoms with E-state index < -0.39 is 0 Å². The van der Waals surface area contributed by atoms with Crippen molar-refractivity contribution in [3.05, 3.63) is 53.3 Å². The number of benzene rings is 1. The predicted octanol–water partition coefficient (Wildman–Crippen LogP) is 2.95. The van der Waals surface area contributed by atoms with E-state index in [4.69, 9.17) is 0 Å². The fraction of sp³-hybridized carbons (Fsp3) is 0.412. The second-order valence-corrected chi connectivity index (χ2v) is 5.96. The number of aliphatic hydroxyl groups excluding tert-OH is 1. The van der Waals surface area contributed by atoms with Gasteiger partial charge in [-0.1, -0.05) is 18.2 Å². The van der Waals surface area contributed by atoms with E-state index in [1.807, 2.05) is 19.9 Å². The summed E-state index contributed by atoms with van der Waals surface area (Å²) in [6, 6.07) is 12.6. The molecule has 0 radical (unpaired) electrons. The lowest BCUT2D eigenvalue weighted by Gasteiger charge is -2.23. The Balaban J connectivity index is 2.26. The summed E-state index contributed by atoms with van der Waals surface area (Å²) in [5, 5.41) is 12.7. The maximum absolute atomic E-state index is 9.31. The maximum Gasteiger partial charge on any atom is 0.0607 e. The Morgan fingerprint density at radius 1 is 1.15 bits per heavy atom. The third kappa shape index (κ3) is 3.11. The molecule has 2 rings (SSSR count). The van der Waals surface area contributed by atoms with E-state index in [9.17, 15) is 5.11 Å². The van der Waals surface area contributed by atoms with Crippen molar-refractivity contribution in [2.24, 2.45) is 0 Å². The molecule has 0 bridgehead atoms. The fourth-order valence-corrected chi connectivity index (χ4v) is 2.37. The Kier molecular flexibility index (Phi) is 4.31. The summed E-state index contributed by atoms with van der Waals surface area (Å²) in [4.78, 5) is 0. The first-order chi connectivity index (χ1) is 9.44. The van der Waals surface area contributed by atoms with Gasteiger partial charge in [0.05, 0.1) is 6.61 Å². The third-order valence-electron chi connectivity index (χ3n) is 3.70. The second kappa shape index (κ2) is 5.81. The fourth-order valence-electron chi connectivity index (χ4n) is 2.37. The Morgan fingerprint density at radius 3 is 2.40 bits per heavy atom. The monoisotopic (exact) mass is 272 g/mol. The van der Waals surface area contributed by atoms with Crippen molar-refractivity contribution in [2.75, 3.05) is 6.61 Å². The van der Waals surface area contributed by atoms with Crippen molar-refractivity contribution < 1.29 is 5.11 Å². The van der Waals surface area contributed by atoms with E-state index in [1.54, 1.807) is 0 Å². The number of aromatic nitrogens is 1. The van der Waals surface area contributed by atoms with Crippen LogP contribution in [0.15, 0.2) is 36.4 Å². The van der Waals surface area contributed by atoms with Gasteiger partial charge in [0.2, 0.25) is 0 Å². The van der Waals surface area contributed by atoms with Gasteiger partial charge in [-0.3, -0.25) is 0 Å². The van der Waals surface area contributed by atoms with Crippen LogP contribution in [0.3, 0.4) is 0 Å². The number of hydrogen-bond acceptors (Lipinski definition) is 2. The SMILES string of the molecule is Cc1cc(CNC(C)(C)CO)c(C)n1-c1ccccc1. The number of aliphatic hydroxyl groups is 1. The van der Waals surface area contributed by atoms with Crippen LogP contribution in [0.4, 0.5) is 0 Å². The smallest absolute Gasteiger partial charge is 0.0607 e. The quantitative estimate of drug-likeness (QED) is 0.878. The minimum Gasteiger partial charge on any atom is -0.394 e. The lowest BCUT2D eigenvalue weighted by molar-refractivity contribution is 0.187. The molecule has 0 unspecified atom stereocenters. The van der Waals surface area contributed by atoms with Gasteiger partial charge in [0.25, 0.3) is 0 Å².